The van der Waals surface area contributed by atoms with Crippen LogP contribution in [0.4, 0.5) is 16.6 Å². The number of aromatic amines is 1. The van der Waals surface area contributed by atoms with Crippen molar-refractivity contribution in [1.82, 2.24) is 55.1 Å². The summed E-state index contributed by atoms with van der Waals surface area (Å²) in [6.07, 6.45) is 6.22. The van der Waals surface area contributed by atoms with Crippen LogP contribution in [0.15, 0.2) is 85.7 Å². The molecule has 2 aliphatic rings. The van der Waals surface area contributed by atoms with Gasteiger partial charge in [-0.2, -0.15) is 25.0 Å². The molecule has 6 aromatic rings. The molecule has 2 fully saturated rings. The molecule has 8 rings (SSSR count). The normalized spacial score (nSPS) is 21.9. The first kappa shape index (κ1) is 35.2. The Hall–Kier alpha value is -5.87. The second-order valence-corrected chi connectivity index (χ2v) is 14.1. The minimum absolute atomic E-state index is 0.0214. The number of aryl methyl sites for hydroxylation is 1. The number of carbonyl (C=O) groups excluding carboxylic acids is 1. The number of H-pyrrole nitrogens is 1. The van der Waals surface area contributed by atoms with Gasteiger partial charge in [-0.1, -0.05) is 67.6 Å². The van der Waals surface area contributed by atoms with E-state index in [-0.39, 0.29) is 24.0 Å². The Labute approximate surface area is 312 Å². The number of imidazole rings is 2. The number of anilines is 2. The van der Waals surface area contributed by atoms with Crippen LogP contribution in [0.1, 0.15) is 73.2 Å². The van der Waals surface area contributed by atoms with Crippen LogP contribution in [-0.4, -0.2) is 98.6 Å². The highest BCUT2D eigenvalue weighted by Crippen LogP contribution is 2.40. The maximum Gasteiger partial charge on any atom is 0.315 e. The minimum atomic E-state index is -1.11. The average molecular weight is 732 g/mol. The van der Waals surface area contributed by atoms with E-state index in [0.29, 0.717) is 61.8 Å². The van der Waals surface area contributed by atoms with E-state index >= 15 is 0 Å². The topological polar surface area (TPSA) is 200 Å². The van der Waals surface area contributed by atoms with Gasteiger partial charge < -0.3 is 40.6 Å². The summed E-state index contributed by atoms with van der Waals surface area (Å²) in [4.78, 5) is 38.4. The SMILES string of the molecule is CCc1cnn([C@H]2C[C@@H](n3cnc4c(NCC(c5ccccc5)c5ccccc5)nc(N5CCC(NC(=O)NC(C)c6cnc[nH]6)C5)nc43)[C@H](O)[C@@H]2O)n1. The van der Waals surface area contributed by atoms with Crippen LogP contribution in [0.2, 0.25) is 0 Å². The quantitative estimate of drug-likeness (QED) is 0.108. The van der Waals surface area contributed by atoms with E-state index in [9.17, 15) is 15.0 Å². The van der Waals surface area contributed by atoms with E-state index in [0.717, 1.165) is 22.5 Å². The van der Waals surface area contributed by atoms with Gasteiger partial charge >= 0.3 is 6.03 Å². The number of nitrogens with zero attached hydrogens (tertiary/aromatic N) is 9. The van der Waals surface area contributed by atoms with Gasteiger partial charge in [0.25, 0.3) is 0 Å². The Morgan fingerprint density at radius 1 is 1.00 bits per heavy atom. The van der Waals surface area contributed by atoms with E-state index in [1.807, 2.05) is 54.8 Å². The highest BCUT2D eigenvalue weighted by molar-refractivity contribution is 5.84. The second kappa shape index (κ2) is 15.2. The molecule has 1 aliphatic heterocycles. The van der Waals surface area contributed by atoms with Crippen LogP contribution in [0.25, 0.3) is 11.2 Å². The fraction of sp³-hybridized carbons (Fsp3) is 0.395. The highest BCUT2D eigenvalue weighted by atomic mass is 16.3. The Morgan fingerprint density at radius 2 is 1.74 bits per heavy atom. The number of nitrogens with one attached hydrogen (secondary N) is 4. The predicted molar refractivity (Wildman–Crippen MR) is 202 cm³/mol. The molecular formula is C38H45N13O3. The number of urea groups is 1. The van der Waals surface area contributed by atoms with Crippen molar-refractivity contribution in [3.63, 3.8) is 0 Å². The molecule has 6 N–H and O–H groups in total. The molecule has 1 saturated carbocycles. The standard InChI is InChI=1S/C38H45N13O3/c1-3-26-17-43-51(48-26)31-16-30(33(52)34(31)53)50-22-42-32-35(40-18-28(24-10-6-4-7-11-24)25-12-8-5-9-13-25)46-37(47-36(32)50)49-15-14-27(20-49)45-38(54)44-23(2)29-19-39-21-41-29/h4-13,17,19,21-23,27-28,30-31,33-34,52-53H,3,14-16,18,20H2,1-2H3,(H,39,41)(H,40,46,47)(H2,44,45,54)/t23?,27?,30-,31+,33+,34-/m1/s1. The fourth-order valence-electron chi connectivity index (χ4n) is 7.60. The zero-order chi connectivity index (χ0) is 37.2. The van der Waals surface area contributed by atoms with E-state index in [2.05, 4.69) is 65.3 Å². The van der Waals surface area contributed by atoms with Crippen LogP contribution in [0.3, 0.4) is 0 Å². The molecule has 2 unspecified atom stereocenters. The predicted octanol–water partition coefficient (Wildman–Crippen LogP) is 3.49. The van der Waals surface area contributed by atoms with Gasteiger partial charge in [-0.05, 0) is 37.3 Å². The van der Waals surface area contributed by atoms with Gasteiger partial charge in [-0.3, -0.25) is 0 Å². The lowest BCUT2D eigenvalue weighted by atomic mass is 9.91. The molecule has 280 valence electrons. The van der Waals surface area contributed by atoms with Crippen LogP contribution < -0.4 is 20.9 Å². The number of fused-ring (bicyclic) bond motifs is 1. The maximum atomic E-state index is 12.9. The summed E-state index contributed by atoms with van der Waals surface area (Å²) in [7, 11) is 0. The van der Waals surface area contributed by atoms with Gasteiger partial charge in [-0.25, -0.2) is 14.8 Å². The molecular weight excluding hydrogens is 687 g/mol. The number of amides is 2. The zero-order valence-corrected chi connectivity index (χ0v) is 30.2. The number of rotatable bonds is 12. The number of aliphatic hydroxyl groups excluding tert-OH is 2. The summed E-state index contributed by atoms with van der Waals surface area (Å²) in [6.45, 7) is 5.54. The number of aromatic nitrogens is 9. The number of carbonyl (C=O) groups is 1. The summed E-state index contributed by atoms with van der Waals surface area (Å²) in [5.41, 5.74) is 5.03. The van der Waals surface area contributed by atoms with Crippen LogP contribution >= 0.6 is 0 Å². The minimum Gasteiger partial charge on any atom is -0.388 e. The van der Waals surface area contributed by atoms with Crippen molar-refractivity contribution in [2.45, 2.75) is 75.4 Å². The van der Waals surface area contributed by atoms with Crippen molar-refractivity contribution < 1.29 is 15.0 Å². The van der Waals surface area contributed by atoms with E-state index in [1.165, 1.54) is 4.80 Å². The van der Waals surface area contributed by atoms with Gasteiger partial charge in [0, 0.05) is 31.6 Å². The molecule has 0 spiro atoms. The molecule has 2 amide bonds. The fourth-order valence-corrected chi connectivity index (χ4v) is 7.60. The van der Waals surface area contributed by atoms with E-state index < -0.39 is 24.3 Å². The molecule has 0 bridgehead atoms. The third-order valence-corrected chi connectivity index (χ3v) is 10.6. The highest BCUT2D eigenvalue weighted by Gasteiger charge is 2.45. The molecule has 1 saturated heterocycles. The van der Waals surface area contributed by atoms with E-state index in [1.54, 1.807) is 25.0 Å². The van der Waals surface area contributed by atoms with Gasteiger partial charge in [0.2, 0.25) is 5.95 Å². The van der Waals surface area contributed by atoms with Crippen LogP contribution in [-0.2, 0) is 6.42 Å². The Morgan fingerprint density at radius 3 is 2.43 bits per heavy atom. The molecule has 5 heterocycles. The van der Waals surface area contributed by atoms with Crippen molar-refractivity contribution >= 4 is 29.0 Å². The second-order valence-electron chi connectivity index (χ2n) is 14.1. The smallest absolute Gasteiger partial charge is 0.315 e. The van der Waals surface area contributed by atoms with E-state index in [4.69, 9.17) is 15.0 Å². The number of benzene rings is 2. The molecule has 16 nitrogen and oxygen atoms in total. The lowest BCUT2D eigenvalue weighted by Gasteiger charge is -2.22. The third kappa shape index (κ3) is 7.09. The molecule has 1 aliphatic carbocycles. The zero-order valence-electron chi connectivity index (χ0n) is 30.2. The van der Waals surface area contributed by atoms with Gasteiger partial charge in [0.1, 0.15) is 18.2 Å². The first-order chi connectivity index (χ1) is 26.4. The third-order valence-electron chi connectivity index (χ3n) is 10.6. The molecule has 16 heteroatoms. The molecule has 54 heavy (non-hydrogen) atoms. The summed E-state index contributed by atoms with van der Waals surface area (Å²) in [5, 5.41) is 41.2. The molecule has 4 aromatic heterocycles. The molecule has 0 radical (unpaired) electrons. The monoisotopic (exact) mass is 731 g/mol. The number of aliphatic hydroxyl groups is 2. The van der Waals surface area contributed by atoms with Gasteiger partial charge in [0.05, 0.1) is 48.5 Å². The van der Waals surface area contributed by atoms with Crippen molar-refractivity contribution in [3.8, 4) is 0 Å². The number of hydrogen-bond donors (Lipinski definition) is 6. The van der Waals surface area contributed by atoms with Crippen LogP contribution in [0.5, 0.6) is 0 Å². The Balaban J connectivity index is 1.09. The Kier molecular flexibility index (Phi) is 9.93. The van der Waals surface area contributed by atoms with Crippen molar-refractivity contribution in [2.24, 2.45) is 0 Å². The van der Waals surface area contributed by atoms with Gasteiger partial charge in [-0.15, -0.1) is 0 Å². The number of hydrogen-bond acceptors (Lipinski definition) is 11. The van der Waals surface area contributed by atoms with Gasteiger partial charge in [0.15, 0.2) is 17.0 Å². The largest absolute Gasteiger partial charge is 0.388 e. The summed E-state index contributed by atoms with van der Waals surface area (Å²) >= 11 is 0. The summed E-state index contributed by atoms with van der Waals surface area (Å²) in [5.74, 6) is 1.05. The van der Waals surface area contributed by atoms with Crippen molar-refractivity contribution in [3.05, 3.63) is 108 Å². The van der Waals surface area contributed by atoms with Crippen molar-refractivity contribution in [2.75, 3.05) is 29.9 Å². The summed E-state index contributed by atoms with van der Waals surface area (Å²) < 4.78 is 1.84. The average Bonchev–Trinajstić information content (AvgIpc) is 4.05. The van der Waals surface area contributed by atoms with Crippen LogP contribution in [0, 0.1) is 0 Å². The lowest BCUT2D eigenvalue weighted by Crippen LogP contribution is -2.44. The lowest BCUT2D eigenvalue weighted by molar-refractivity contribution is 0.00497. The van der Waals surface area contributed by atoms with Crippen molar-refractivity contribution in [1.29, 1.82) is 0 Å². The summed E-state index contributed by atoms with van der Waals surface area (Å²) in [6, 6.07) is 19.0. The first-order valence-electron chi connectivity index (χ1n) is 18.5. The molecule has 6 atom stereocenters. The molecule has 2 aromatic carbocycles. The maximum absolute atomic E-state index is 12.9. The Bertz CT molecular complexity index is 2120. The first-order valence-corrected chi connectivity index (χ1v) is 18.5.